The SMILES string of the molecule is N#Cc1ccc(CC(=O)N2CCC3(CCC3NC(=O)CCc3ccccc3)CC2)cc1. The summed E-state index contributed by atoms with van der Waals surface area (Å²) in [6.07, 6.45) is 5.74. The van der Waals surface area contributed by atoms with Crippen LogP contribution in [0.1, 0.15) is 48.8 Å². The highest BCUT2D eigenvalue weighted by molar-refractivity contribution is 5.79. The van der Waals surface area contributed by atoms with Crippen LogP contribution in [0.25, 0.3) is 0 Å². The zero-order valence-electron chi connectivity index (χ0n) is 17.8. The van der Waals surface area contributed by atoms with Gasteiger partial charge in [-0.25, -0.2) is 0 Å². The lowest BCUT2D eigenvalue weighted by atomic mass is 9.59. The number of nitrogens with one attached hydrogen (secondary N) is 1. The minimum Gasteiger partial charge on any atom is -0.353 e. The predicted octanol–water partition coefficient (Wildman–Crippen LogP) is 3.62. The van der Waals surface area contributed by atoms with Crippen LogP contribution in [0.3, 0.4) is 0 Å². The fraction of sp³-hybridized carbons (Fsp3) is 0.423. The quantitative estimate of drug-likeness (QED) is 0.783. The second-order valence-corrected chi connectivity index (χ2v) is 8.87. The summed E-state index contributed by atoms with van der Waals surface area (Å²) in [5.41, 5.74) is 2.90. The van der Waals surface area contributed by atoms with Crippen molar-refractivity contribution in [3.63, 3.8) is 0 Å². The molecule has 0 aromatic heterocycles. The van der Waals surface area contributed by atoms with E-state index in [1.165, 1.54) is 5.56 Å². The largest absolute Gasteiger partial charge is 0.353 e. The number of hydrogen-bond donors (Lipinski definition) is 1. The Hall–Kier alpha value is -3.13. The maximum atomic E-state index is 12.7. The van der Waals surface area contributed by atoms with Gasteiger partial charge in [0.15, 0.2) is 0 Å². The molecule has 1 unspecified atom stereocenters. The molecule has 2 aromatic carbocycles. The van der Waals surface area contributed by atoms with Crippen molar-refractivity contribution in [1.82, 2.24) is 10.2 Å². The summed E-state index contributed by atoms with van der Waals surface area (Å²) in [7, 11) is 0. The van der Waals surface area contributed by atoms with Gasteiger partial charge in [-0.3, -0.25) is 9.59 Å². The molecule has 0 bridgehead atoms. The molecule has 5 nitrogen and oxygen atoms in total. The van der Waals surface area contributed by atoms with Crippen LogP contribution in [0.2, 0.25) is 0 Å². The molecular formula is C26H29N3O2. The monoisotopic (exact) mass is 415 g/mol. The number of carbonyl (C=O) groups excluding carboxylic acids is 2. The van der Waals surface area contributed by atoms with Crippen molar-refractivity contribution in [3.05, 3.63) is 71.3 Å². The van der Waals surface area contributed by atoms with E-state index in [9.17, 15) is 9.59 Å². The van der Waals surface area contributed by atoms with Crippen LogP contribution in [-0.4, -0.2) is 35.8 Å². The molecule has 160 valence electrons. The number of amides is 2. The summed E-state index contributed by atoms with van der Waals surface area (Å²) >= 11 is 0. The molecule has 2 amide bonds. The van der Waals surface area contributed by atoms with E-state index in [1.54, 1.807) is 12.1 Å². The number of nitrogens with zero attached hydrogens (tertiary/aromatic N) is 2. The lowest BCUT2D eigenvalue weighted by Gasteiger charge is -2.54. The Kier molecular flexibility index (Phi) is 6.36. The third-order valence-corrected chi connectivity index (χ3v) is 7.04. The summed E-state index contributed by atoms with van der Waals surface area (Å²) in [6.45, 7) is 1.51. The lowest BCUT2D eigenvalue weighted by molar-refractivity contribution is -0.136. The molecule has 1 atom stereocenters. The minimum atomic E-state index is 0.132. The first kappa shape index (κ1) is 21.1. The average molecular weight is 416 g/mol. The molecule has 1 aliphatic heterocycles. The van der Waals surface area contributed by atoms with Gasteiger partial charge in [0, 0.05) is 25.6 Å². The van der Waals surface area contributed by atoms with Gasteiger partial charge >= 0.3 is 0 Å². The Morgan fingerprint density at radius 1 is 1.00 bits per heavy atom. The van der Waals surface area contributed by atoms with Gasteiger partial charge in [0.25, 0.3) is 0 Å². The van der Waals surface area contributed by atoms with Gasteiger partial charge < -0.3 is 10.2 Å². The fourth-order valence-corrected chi connectivity index (χ4v) is 4.87. The van der Waals surface area contributed by atoms with E-state index in [4.69, 9.17) is 5.26 Å². The molecule has 5 heteroatoms. The lowest BCUT2D eigenvalue weighted by Crippen LogP contribution is -2.59. The van der Waals surface area contributed by atoms with E-state index in [-0.39, 0.29) is 23.3 Å². The van der Waals surface area contributed by atoms with E-state index in [2.05, 4.69) is 23.5 Å². The summed E-state index contributed by atoms with van der Waals surface area (Å²) in [4.78, 5) is 27.1. The minimum absolute atomic E-state index is 0.132. The second kappa shape index (κ2) is 9.34. The Morgan fingerprint density at radius 3 is 2.32 bits per heavy atom. The topological polar surface area (TPSA) is 73.2 Å². The van der Waals surface area contributed by atoms with Crippen molar-refractivity contribution in [3.8, 4) is 6.07 Å². The number of likely N-dealkylation sites (tertiary alicyclic amines) is 1. The molecule has 1 saturated heterocycles. The zero-order valence-corrected chi connectivity index (χ0v) is 17.8. The molecule has 2 aromatic rings. The van der Waals surface area contributed by atoms with Crippen LogP contribution in [0.4, 0.5) is 0 Å². The van der Waals surface area contributed by atoms with Gasteiger partial charge in [-0.2, -0.15) is 5.26 Å². The van der Waals surface area contributed by atoms with Crippen molar-refractivity contribution in [2.75, 3.05) is 13.1 Å². The number of nitriles is 1. The molecule has 2 aliphatic rings. The number of hydrogen-bond acceptors (Lipinski definition) is 3. The van der Waals surface area contributed by atoms with Crippen molar-refractivity contribution < 1.29 is 9.59 Å². The number of carbonyl (C=O) groups is 2. The van der Waals surface area contributed by atoms with Crippen molar-refractivity contribution in [2.45, 2.75) is 51.0 Å². The Morgan fingerprint density at radius 2 is 1.71 bits per heavy atom. The zero-order chi connectivity index (χ0) is 21.7. The van der Waals surface area contributed by atoms with E-state index in [0.29, 0.717) is 18.4 Å². The second-order valence-electron chi connectivity index (χ2n) is 8.87. The van der Waals surface area contributed by atoms with Gasteiger partial charge in [-0.1, -0.05) is 42.5 Å². The van der Waals surface area contributed by atoms with Gasteiger partial charge in [-0.15, -0.1) is 0 Å². The summed E-state index contributed by atoms with van der Waals surface area (Å²) in [5.74, 6) is 0.273. The molecule has 1 aliphatic carbocycles. The van der Waals surface area contributed by atoms with Gasteiger partial charge in [0.2, 0.25) is 11.8 Å². The molecule has 2 fully saturated rings. The number of aryl methyl sites for hydroxylation is 1. The Labute approximate surface area is 184 Å². The number of rotatable bonds is 6. The Balaban J connectivity index is 1.24. The number of piperidine rings is 1. The van der Waals surface area contributed by atoms with Crippen LogP contribution in [0.15, 0.2) is 54.6 Å². The highest BCUT2D eigenvalue weighted by Crippen LogP contribution is 2.49. The molecule has 1 saturated carbocycles. The average Bonchev–Trinajstić information content (AvgIpc) is 2.81. The van der Waals surface area contributed by atoms with Crippen LogP contribution in [-0.2, 0) is 22.4 Å². The first-order valence-corrected chi connectivity index (χ1v) is 11.2. The Bertz CT molecular complexity index is 954. The third-order valence-electron chi connectivity index (χ3n) is 7.04. The molecule has 1 heterocycles. The summed E-state index contributed by atoms with van der Waals surface area (Å²) in [6, 6.07) is 19.7. The molecule has 0 radical (unpaired) electrons. The highest BCUT2D eigenvalue weighted by Gasteiger charge is 2.49. The van der Waals surface area contributed by atoms with Crippen LogP contribution in [0.5, 0.6) is 0 Å². The first-order valence-electron chi connectivity index (χ1n) is 11.2. The van der Waals surface area contributed by atoms with Crippen molar-refractivity contribution in [1.29, 1.82) is 5.26 Å². The maximum Gasteiger partial charge on any atom is 0.226 e. The van der Waals surface area contributed by atoms with Crippen molar-refractivity contribution >= 4 is 11.8 Å². The van der Waals surface area contributed by atoms with Gasteiger partial charge in [-0.05, 0) is 60.8 Å². The van der Waals surface area contributed by atoms with E-state index in [0.717, 1.165) is 50.8 Å². The molecular weight excluding hydrogens is 386 g/mol. The molecule has 1 N–H and O–H groups in total. The van der Waals surface area contributed by atoms with Gasteiger partial charge in [0.05, 0.1) is 18.1 Å². The third kappa shape index (κ3) is 4.96. The molecule has 4 rings (SSSR count). The smallest absolute Gasteiger partial charge is 0.226 e. The molecule has 1 spiro atoms. The van der Waals surface area contributed by atoms with Crippen LogP contribution >= 0.6 is 0 Å². The van der Waals surface area contributed by atoms with Gasteiger partial charge in [0.1, 0.15) is 0 Å². The van der Waals surface area contributed by atoms with Crippen LogP contribution < -0.4 is 5.32 Å². The first-order chi connectivity index (χ1) is 15.1. The number of benzene rings is 2. The van der Waals surface area contributed by atoms with E-state index in [1.807, 2.05) is 35.2 Å². The fourth-order valence-electron chi connectivity index (χ4n) is 4.87. The molecule has 31 heavy (non-hydrogen) atoms. The van der Waals surface area contributed by atoms with Crippen LogP contribution in [0, 0.1) is 16.7 Å². The maximum absolute atomic E-state index is 12.7. The summed E-state index contributed by atoms with van der Waals surface area (Å²) < 4.78 is 0. The van der Waals surface area contributed by atoms with E-state index < -0.39 is 0 Å². The normalized spacial score (nSPS) is 19.3. The summed E-state index contributed by atoms with van der Waals surface area (Å²) in [5, 5.41) is 12.2. The van der Waals surface area contributed by atoms with E-state index >= 15 is 0 Å². The van der Waals surface area contributed by atoms with Crippen molar-refractivity contribution in [2.24, 2.45) is 5.41 Å². The highest BCUT2D eigenvalue weighted by atomic mass is 16.2. The predicted molar refractivity (Wildman–Crippen MR) is 119 cm³/mol. The standard InChI is InChI=1S/C26H29N3O2/c27-19-22-8-6-21(7-9-22)18-25(31)29-16-14-26(15-17-29)13-12-23(26)28-24(30)11-10-20-4-2-1-3-5-20/h1-9,23H,10-18H2,(H,28,30).